The maximum absolute atomic E-state index is 13.4. The van der Waals surface area contributed by atoms with Gasteiger partial charge in [-0.3, -0.25) is 19.3 Å². The minimum Gasteiger partial charge on any atom is -0.507 e. The first-order valence-corrected chi connectivity index (χ1v) is 13.6. The van der Waals surface area contributed by atoms with Crippen molar-refractivity contribution in [2.45, 2.75) is 40.3 Å². The number of carbonyl (C=O) groups excluding carboxylic acids is 3. The fraction of sp³-hybridized carbons (Fsp3) is 0.188. The smallest absolute Gasteiger partial charge is 0.301 e. The van der Waals surface area contributed by atoms with E-state index in [-0.39, 0.29) is 22.2 Å². The van der Waals surface area contributed by atoms with Crippen LogP contribution in [0.15, 0.2) is 78.4 Å². The molecule has 0 saturated carbocycles. The number of amides is 1. The minimum atomic E-state index is -0.914. The van der Waals surface area contributed by atoms with Gasteiger partial charge >= 0.3 is 5.91 Å². The third kappa shape index (κ3) is 5.05. The second-order valence-electron chi connectivity index (χ2n) is 9.79. The van der Waals surface area contributed by atoms with Crippen LogP contribution >= 0.6 is 11.3 Å². The molecule has 202 valence electrons. The number of benzene rings is 3. The average Bonchev–Trinajstić information content (AvgIpc) is 3.45. The molecular formula is C32H28N2O5S. The maximum atomic E-state index is 13.4. The zero-order valence-electron chi connectivity index (χ0n) is 22.6. The molecule has 1 saturated heterocycles. The Morgan fingerprint density at radius 1 is 0.975 bits per heavy atom. The molecule has 4 aromatic rings. The number of rotatable bonds is 7. The Kier molecular flexibility index (Phi) is 7.36. The van der Waals surface area contributed by atoms with Crippen molar-refractivity contribution in [1.82, 2.24) is 4.98 Å². The number of anilines is 1. The summed E-state index contributed by atoms with van der Waals surface area (Å²) >= 11 is 1.06. The van der Waals surface area contributed by atoms with Crippen molar-refractivity contribution in [2.75, 3.05) is 4.90 Å². The zero-order chi connectivity index (χ0) is 28.6. The summed E-state index contributed by atoms with van der Waals surface area (Å²) < 4.78 is 5.92. The van der Waals surface area contributed by atoms with Crippen molar-refractivity contribution in [2.24, 2.45) is 0 Å². The van der Waals surface area contributed by atoms with Gasteiger partial charge in [0.1, 0.15) is 18.1 Å². The standard InChI is InChI=1S/C32H28N2O5S/c1-18-9-11-22(12-10-18)27-26(29(37)31(38)34(27)32-33-20(3)30(40-32)21(4)35)28(36)23-13-15-25(16-14-23)39-17-24-8-6-5-7-19(24)2/h5-16,27,36H,17H2,1-4H3. The lowest BCUT2D eigenvalue weighted by Gasteiger charge is -2.23. The molecule has 0 spiro atoms. The molecule has 1 amide bonds. The predicted molar refractivity (Wildman–Crippen MR) is 155 cm³/mol. The first-order valence-electron chi connectivity index (χ1n) is 12.8. The first kappa shape index (κ1) is 27.0. The summed E-state index contributed by atoms with van der Waals surface area (Å²) in [6.07, 6.45) is 0. The Morgan fingerprint density at radius 2 is 1.65 bits per heavy atom. The highest BCUT2D eigenvalue weighted by molar-refractivity contribution is 7.18. The molecule has 3 aromatic carbocycles. The molecule has 1 aliphatic heterocycles. The molecule has 40 heavy (non-hydrogen) atoms. The van der Waals surface area contributed by atoms with Gasteiger partial charge in [0.25, 0.3) is 5.78 Å². The molecule has 5 rings (SSSR count). The summed E-state index contributed by atoms with van der Waals surface area (Å²) in [5.41, 5.74) is 4.66. The van der Waals surface area contributed by atoms with Gasteiger partial charge in [-0.25, -0.2) is 4.98 Å². The van der Waals surface area contributed by atoms with E-state index in [0.717, 1.165) is 28.0 Å². The van der Waals surface area contributed by atoms with E-state index in [0.29, 0.717) is 34.1 Å². The monoisotopic (exact) mass is 552 g/mol. The van der Waals surface area contributed by atoms with Crippen molar-refractivity contribution >= 4 is 39.7 Å². The van der Waals surface area contributed by atoms with E-state index in [1.54, 1.807) is 31.2 Å². The van der Waals surface area contributed by atoms with Gasteiger partial charge in [0.05, 0.1) is 22.2 Å². The number of ether oxygens (including phenoxy) is 1. The quantitative estimate of drug-likeness (QED) is 0.122. The molecule has 1 fully saturated rings. The lowest BCUT2D eigenvalue weighted by molar-refractivity contribution is -0.132. The van der Waals surface area contributed by atoms with Gasteiger partial charge in [-0.2, -0.15) is 0 Å². The van der Waals surface area contributed by atoms with E-state index in [2.05, 4.69) is 4.98 Å². The number of aromatic nitrogens is 1. The molecule has 7 nitrogen and oxygen atoms in total. The van der Waals surface area contributed by atoms with Crippen LogP contribution in [0.25, 0.3) is 5.76 Å². The number of hydrogen-bond acceptors (Lipinski definition) is 7. The number of hydrogen-bond donors (Lipinski definition) is 1. The lowest BCUT2D eigenvalue weighted by atomic mass is 9.95. The Morgan fingerprint density at radius 3 is 2.27 bits per heavy atom. The predicted octanol–water partition coefficient (Wildman–Crippen LogP) is 6.48. The lowest BCUT2D eigenvalue weighted by Crippen LogP contribution is -2.29. The summed E-state index contributed by atoms with van der Waals surface area (Å²) in [6.45, 7) is 7.48. The SMILES string of the molecule is CC(=O)c1sc(N2C(=O)C(=O)C(=C(O)c3ccc(OCc4ccccc4C)cc3)C2c2ccc(C)cc2)nc1C. The van der Waals surface area contributed by atoms with Crippen LogP contribution in [0.5, 0.6) is 5.75 Å². The number of ketones is 2. The Hall–Kier alpha value is -4.56. The molecule has 1 N–H and O–H groups in total. The van der Waals surface area contributed by atoms with Crippen LogP contribution in [0.3, 0.4) is 0 Å². The van der Waals surface area contributed by atoms with Crippen LogP contribution in [-0.4, -0.2) is 27.6 Å². The van der Waals surface area contributed by atoms with Crippen molar-refractivity contribution in [3.63, 3.8) is 0 Å². The highest BCUT2D eigenvalue weighted by Crippen LogP contribution is 2.44. The molecular weight excluding hydrogens is 524 g/mol. The number of carbonyl (C=O) groups is 3. The van der Waals surface area contributed by atoms with E-state index in [1.807, 2.05) is 62.4 Å². The van der Waals surface area contributed by atoms with E-state index in [9.17, 15) is 19.5 Å². The molecule has 8 heteroatoms. The summed E-state index contributed by atoms with van der Waals surface area (Å²) in [6, 6.07) is 21.2. The number of Topliss-reactive ketones (excluding diaryl/α,β-unsaturated/α-hetero) is 2. The second kappa shape index (κ2) is 10.9. The summed E-state index contributed by atoms with van der Waals surface area (Å²) in [5.74, 6) is -1.49. The van der Waals surface area contributed by atoms with E-state index in [1.165, 1.54) is 11.8 Å². The molecule has 1 aliphatic rings. The van der Waals surface area contributed by atoms with Gasteiger partial charge in [-0.15, -0.1) is 0 Å². The van der Waals surface area contributed by atoms with Gasteiger partial charge in [0.15, 0.2) is 10.9 Å². The topological polar surface area (TPSA) is 96.8 Å². The van der Waals surface area contributed by atoms with Gasteiger partial charge in [0.2, 0.25) is 0 Å². The van der Waals surface area contributed by atoms with Crippen molar-refractivity contribution in [3.05, 3.63) is 117 Å². The molecule has 1 unspecified atom stereocenters. The van der Waals surface area contributed by atoms with Gasteiger partial charge in [-0.1, -0.05) is 65.4 Å². The summed E-state index contributed by atoms with van der Waals surface area (Å²) in [7, 11) is 0. The number of nitrogens with zero attached hydrogens (tertiary/aromatic N) is 2. The third-order valence-electron chi connectivity index (χ3n) is 6.93. The van der Waals surface area contributed by atoms with Crippen LogP contribution in [-0.2, 0) is 16.2 Å². The summed E-state index contributed by atoms with van der Waals surface area (Å²) in [5, 5.41) is 11.6. The minimum absolute atomic E-state index is 0.0420. The van der Waals surface area contributed by atoms with E-state index in [4.69, 9.17) is 4.74 Å². The fourth-order valence-corrected chi connectivity index (χ4v) is 5.69. The molecule has 0 bridgehead atoms. The normalized spacial score (nSPS) is 16.4. The second-order valence-corrected chi connectivity index (χ2v) is 10.8. The Labute approximate surface area is 236 Å². The van der Waals surface area contributed by atoms with Crippen molar-refractivity contribution in [3.8, 4) is 5.75 Å². The van der Waals surface area contributed by atoms with Crippen LogP contribution in [0.4, 0.5) is 5.13 Å². The highest BCUT2D eigenvalue weighted by atomic mass is 32.1. The molecule has 0 aliphatic carbocycles. The number of aliphatic hydroxyl groups is 1. The number of aliphatic hydroxyl groups excluding tert-OH is 1. The largest absolute Gasteiger partial charge is 0.507 e. The van der Waals surface area contributed by atoms with Gasteiger partial charge < -0.3 is 9.84 Å². The van der Waals surface area contributed by atoms with Crippen molar-refractivity contribution in [1.29, 1.82) is 0 Å². The van der Waals surface area contributed by atoms with Crippen LogP contribution in [0.1, 0.15) is 56.1 Å². The van der Waals surface area contributed by atoms with Crippen LogP contribution in [0.2, 0.25) is 0 Å². The van der Waals surface area contributed by atoms with Crippen molar-refractivity contribution < 1.29 is 24.2 Å². The molecule has 1 aromatic heterocycles. The van der Waals surface area contributed by atoms with Crippen LogP contribution < -0.4 is 9.64 Å². The van der Waals surface area contributed by atoms with E-state index < -0.39 is 17.7 Å². The third-order valence-corrected chi connectivity index (χ3v) is 8.19. The molecule has 1 atom stereocenters. The Bertz CT molecular complexity index is 1650. The molecule has 0 radical (unpaired) electrons. The van der Waals surface area contributed by atoms with Crippen LogP contribution in [0, 0.1) is 20.8 Å². The summed E-state index contributed by atoms with van der Waals surface area (Å²) in [4.78, 5) is 45.0. The fourth-order valence-electron chi connectivity index (χ4n) is 4.70. The zero-order valence-corrected chi connectivity index (χ0v) is 23.4. The average molecular weight is 553 g/mol. The van der Waals surface area contributed by atoms with Gasteiger partial charge in [0, 0.05) is 12.5 Å². The number of thiazole rings is 1. The number of aryl methyl sites for hydroxylation is 3. The van der Waals surface area contributed by atoms with E-state index >= 15 is 0 Å². The van der Waals surface area contributed by atoms with Gasteiger partial charge in [-0.05, 0) is 61.7 Å². The Balaban J connectivity index is 1.53. The first-order chi connectivity index (χ1) is 19.2. The highest BCUT2D eigenvalue weighted by Gasteiger charge is 2.48. The maximum Gasteiger partial charge on any atom is 0.301 e. The molecule has 2 heterocycles.